The Morgan fingerprint density at radius 3 is 2.57 bits per heavy atom. The van der Waals surface area contributed by atoms with Gasteiger partial charge in [-0.05, 0) is 52.5 Å². The van der Waals surface area contributed by atoms with Gasteiger partial charge in [0.25, 0.3) is 0 Å². The average Bonchev–Trinajstić information content (AvgIpc) is 2.36. The number of nitrogens with zero attached hydrogens (tertiary/aromatic N) is 1. The average molecular weight is 298 g/mol. The smallest absolute Gasteiger partial charge is 0.320 e. The summed E-state index contributed by atoms with van der Waals surface area (Å²) in [5.41, 5.74) is 5.69. The van der Waals surface area contributed by atoms with Gasteiger partial charge in [-0.25, -0.2) is 0 Å². The summed E-state index contributed by atoms with van der Waals surface area (Å²) < 4.78 is 5.50. The first-order valence-corrected chi connectivity index (χ1v) is 8.39. The van der Waals surface area contributed by atoms with Crippen LogP contribution in [0.1, 0.15) is 66.7 Å². The van der Waals surface area contributed by atoms with E-state index in [0.717, 1.165) is 25.8 Å². The molecule has 4 nitrogen and oxygen atoms in total. The van der Waals surface area contributed by atoms with Gasteiger partial charge in [0.15, 0.2) is 0 Å². The third-order valence-electron chi connectivity index (χ3n) is 4.35. The molecule has 0 spiro atoms. The van der Waals surface area contributed by atoms with E-state index in [0.29, 0.717) is 19.0 Å². The fourth-order valence-corrected chi connectivity index (χ4v) is 3.52. The van der Waals surface area contributed by atoms with Gasteiger partial charge in [-0.2, -0.15) is 0 Å². The Kier molecular flexibility index (Phi) is 6.67. The number of hydrogen-bond donors (Lipinski definition) is 1. The maximum absolute atomic E-state index is 12.2. The molecule has 2 unspecified atom stereocenters. The highest BCUT2D eigenvalue weighted by molar-refractivity contribution is 5.72. The highest BCUT2D eigenvalue weighted by Crippen LogP contribution is 2.36. The molecule has 1 fully saturated rings. The maximum Gasteiger partial charge on any atom is 0.320 e. The number of nitrogens with two attached hydrogens (primary N) is 1. The molecule has 0 aliphatic heterocycles. The molecule has 0 aromatic carbocycles. The SMILES string of the molecule is CCCN(CC(=O)OC(C)(C)C)C1(CN)CCCC(C)C1. The first kappa shape index (κ1) is 18.4. The van der Waals surface area contributed by atoms with Crippen molar-refractivity contribution in [3.05, 3.63) is 0 Å². The van der Waals surface area contributed by atoms with Gasteiger partial charge in [0, 0.05) is 12.1 Å². The molecule has 124 valence electrons. The standard InChI is InChI=1S/C17H34N2O2/c1-6-10-19(12-15(20)21-16(3,4)5)17(13-18)9-7-8-14(2)11-17/h14H,6-13,18H2,1-5H3. The molecule has 1 aliphatic carbocycles. The van der Waals surface area contributed by atoms with Crippen molar-refractivity contribution >= 4 is 5.97 Å². The van der Waals surface area contributed by atoms with E-state index in [1.807, 2.05) is 20.8 Å². The highest BCUT2D eigenvalue weighted by atomic mass is 16.6. The summed E-state index contributed by atoms with van der Waals surface area (Å²) in [6.45, 7) is 12.1. The van der Waals surface area contributed by atoms with Gasteiger partial charge in [-0.3, -0.25) is 9.69 Å². The third-order valence-corrected chi connectivity index (χ3v) is 4.35. The van der Waals surface area contributed by atoms with Crippen molar-refractivity contribution in [3.8, 4) is 0 Å². The molecule has 0 aromatic heterocycles. The van der Waals surface area contributed by atoms with Gasteiger partial charge in [0.05, 0.1) is 6.54 Å². The van der Waals surface area contributed by atoms with Crippen molar-refractivity contribution in [1.82, 2.24) is 4.90 Å². The summed E-state index contributed by atoms with van der Waals surface area (Å²) in [6, 6.07) is 0. The van der Waals surface area contributed by atoms with E-state index in [2.05, 4.69) is 18.7 Å². The zero-order valence-electron chi connectivity index (χ0n) is 14.6. The lowest BCUT2D eigenvalue weighted by Crippen LogP contribution is -2.58. The topological polar surface area (TPSA) is 55.6 Å². The van der Waals surface area contributed by atoms with E-state index < -0.39 is 5.60 Å². The molecule has 0 amide bonds. The lowest BCUT2D eigenvalue weighted by molar-refractivity contribution is -0.158. The number of carbonyl (C=O) groups is 1. The first-order valence-electron chi connectivity index (χ1n) is 8.39. The molecule has 2 N–H and O–H groups in total. The predicted molar refractivity (Wildman–Crippen MR) is 87.1 cm³/mol. The van der Waals surface area contributed by atoms with Crippen molar-refractivity contribution in [2.45, 2.75) is 77.9 Å². The second kappa shape index (κ2) is 7.59. The molecule has 0 bridgehead atoms. The summed E-state index contributed by atoms with van der Waals surface area (Å²) >= 11 is 0. The van der Waals surface area contributed by atoms with Crippen LogP contribution in [0, 0.1) is 5.92 Å². The van der Waals surface area contributed by atoms with Crippen LogP contribution < -0.4 is 5.73 Å². The quantitative estimate of drug-likeness (QED) is 0.766. The minimum Gasteiger partial charge on any atom is -0.459 e. The van der Waals surface area contributed by atoms with Crippen LogP contribution in [-0.2, 0) is 9.53 Å². The Morgan fingerprint density at radius 2 is 2.10 bits per heavy atom. The Balaban J connectivity index is 2.80. The fourth-order valence-electron chi connectivity index (χ4n) is 3.52. The number of ether oxygens (including phenoxy) is 1. The molecule has 1 aliphatic rings. The molecule has 2 atom stereocenters. The van der Waals surface area contributed by atoms with Gasteiger partial charge in [0.1, 0.15) is 5.60 Å². The molecule has 0 aromatic rings. The van der Waals surface area contributed by atoms with Crippen LogP contribution in [0.5, 0.6) is 0 Å². The summed E-state index contributed by atoms with van der Waals surface area (Å²) in [7, 11) is 0. The van der Waals surface area contributed by atoms with Crippen LogP contribution in [0.3, 0.4) is 0 Å². The monoisotopic (exact) mass is 298 g/mol. The van der Waals surface area contributed by atoms with Crippen molar-refractivity contribution in [2.24, 2.45) is 11.7 Å². The van der Waals surface area contributed by atoms with Crippen LogP contribution in [0.15, 0.2) is 0 Å². The van der Waals surface area contributed by atoms with E-state index in [1.165, 1.54) is 12.8 Å². The Labute approximate surface area is 130 Å². The first-order chi connectivity index (χ1) is 9.72. The van der Waals surface area contributed by atoms with E-state index in [1.54, 1.807) is 0 Å². The lowest BCUT2D eigenvalue weighted by atomic mass is 9.75. The van der Waals surface area contributed by atoms with Crippen LogP contribution in [0.4, 0.5) is 0 Å². The van der Waals surface area contributed by atoms with Crippen LogP contribution in [0.2, 0.25) is 0 Å². The van der Waals surface area contributed by atoms with Crippen molar-refractivity contribution in [2.75, 3.05) is 19.6 Å². The number of esters is 1. The molecule has 21 heavy (non-hydrogen) atoms. The van der Waals surface area contributed by atoms with Gasteiger partial charge < -0.3 is 10.5 Å². The van der Waals surface area contributed by atoms with Crippen LogP contribution in [-0.4, -0.2) is 41.6 Å². The second-order valence-corrected chi connectivity index (χ2v) is 7.64. The largest absolute Gasteiger partial charge is 0.459 e. The van der Waals surface area contributed by atoms with E-state index in [9.17, 15) is 4.79 Å². The minimum atomic E-state index is -0.426. The molecule has 1 rings (SSSR count). The third kappa shape index (κ3) is 5.59. The van der Waals surface area contributed by atoms with Gasteiger partial charge >= 0.3 is 5.97 Å². The molecule has 0 heterocycles. The number of hydrogen-bond acceptors (Lipinski definition) is 4. The van der Waals surface area contributed by atoms with E-state index >= 15 is 0 Å². The minimum absolute atomic E-state index is 0.0232. The molecule has 0 radical (unpaired) electrons. The molecular weight excluding hydrogens is 264 g/mol. The fraction of sp³-hybridized carbons (Fsp3) is 0.941. The van der Waals surface area contributed by atoms with Gasteiger partial charge in [0.2, 0.25) is 0 Å². The van der Waals surface area contributed by atoms with E-state index in [4.69, 9.17) is 10.5 Å². The maximum atomic E-state index is 12.2. The Hall–Kier alpha value is -0.610. The lowest BCUT2D eigenvalue weighted by Gasteiger charge is -2.47. The van der Waals surface area contributed by atoms with Gasteiger partial charge in [-0.15, -0.1) is 0 Å². The second-order valence-electron chi connectivity index (χ2n) is 7.64. The number of carbonyl (C=O) groups excluding carboxylic acids is 1. The molecule has 0 saturated heterocycles. The van der Waals surface area contributed by atoms with Crippen LogP contribution in [0.25, 0.3) is 0 Å². The summed E-state index contributed by atoms with van der Waals surface area (Å²) in [6.07, 6.45) is 5.68. The summed E-state index contributed by atoms with van der Waals surface area (Å²) in [4.78, 5) is 14.5. The van der Waals surface area contributed by atoms with Crippen molar-refractivity contribution in [1.29, 1.82) is 0 Å². The predicted octanol–water partition coefficient (Wildman–Crippen LogP) is 2.95. The van der Waals surface area contributed by atoms with Crippen molar-refractivity contribution in [3.63, 3.8) is 0 Å². The zero-order valence-corrected chi connectivity index (χ0v) is 14.6. The number of rotatable bonds is 6. The summed E-state index contributed by atoms with van der Waals surface area (Å²) in [5, 5.41) is 0. The Bertz CT molecular complexity index is 338. The zero-order chi connectivity index (χ0) is 16.1. The summed E-state index contributed by atoms with van der Waals surface area (Å²) in [5.74, 6) is 0.544. The van der Waals surface area contributed by atoms with Gasteiger partial charge in [-0.1, -0.05) is 26.7 Å². The van der Waals surface area contributed by atoms with E-state index in [-0.39, 0.29) is 11.5 Å². The van der Waals surface area contributed by atoms with Crippen LogP contribution >= 0.6 is 0 Å². The molecular formula is C17H34N2O2. The molecule has 4 heteroatoms. The van der Waals surface area contributed by atoms with Crippen molar-refractivity contribution < 1.29 is 9.53 Å². The highest BCUT2D eigenvalue weighted by Gasteiger charge is 2.39. The normalized spacial score (nSPS) is 26.9. The Morgan fingerprint density at radius 1 is 1.43 bits per heavy atom. The molecule has 1 saturated carbocycles.